The van der Waals surface area contributed by atoms with Crippen LogP contribution in [0, 0.1) is 5.92 Å². The van der Waals surface area contributed by atoms with Crippen molar-refractivity contribution in [3.63, 3.8) is 0 Å². The molecule has 0 spiro atoms. The molecular formula is C25H28F3NO4S. The summed E-state index contributed by atoms with van der Waals surface area (Å²) in [5.41, 5.74) is 0.769. The summed E-state index contributed by atoms with van der Waals surface area (Å²) >= 11 is 0. The number of halogens is 3. The van der Waals surface area contributed by atoms with E-state index in [1.165, 1.54) is 24.3 Å². The van der Waals surface area contributed by atoms with Crippen LogP contribution >= 0.6 is 0 Å². The van der Waals surface area contributed by atoms with Crippen molar-refractivity contribution < 1.29 is 31.1 Å². The van der Waals surface area contributed by atoms with Crippen LogP contribution in [0.25, 0.3) is 0 Å². The summed E-state index contributed by atoms with van der Waals surface area (Å²) in [5.74, 6) is 0.0788. The highest BCUT2D eigenvalue weighted by Crippen LogP contribution is 2.33. The van der Waals surface area contributed by atoms with Gasteiger partial charge in [-0.15, -0.1) is 0 Å². The Kier molecular flexibility index (Phi) is 7.45. The number of rotatable bonds is 9. The molecule has 4 rings (SSSR count). The predicted molar refractivity (Wildman–Crippen MR) is 121 cm³/mol. The number of sulfonamides is 1. The molecule has 2 aromatic carbocycles. The van der Waals surface area contributed by atoms with E-state index in [0.29, 0.717) is 24.6 Å². The molecule has 184 valence electrons. The van der Waals surface area contributed by atoms with Crippen LogP contribution in [0.2, 0.25) is 0 Å². The topological polar surface area (TPSA) is 72.5 Å². The summed E-state index contributed by atoms with van der Waals surface area (Å²) in [6.45, 7) is 0.977. The normalized spacial score (nSPS) is 19.2. The number of ether oxygens (including phenoxy) is 1. The number of hydrogen-bond donors (Lipinski definition) is 1. The SMILES string of the molecule is O=C(Cc1cccc(C(F)(F)F)c1)Cc1cc(S(=O)(=O)NCC2CC2)ccc1C1CCCCO1. The fraction of sp³-hybridized carbons (Fsp3) is 0.480. The first-order valence-corrected chi connectivity index (χ1v) is 13.0. The van der Waals surface area contributed by atoms with E-state index in [2.05, 4.69) is 4.72 Å². The highest BCUT2D eigenvalue weighted by Gasteiger charge is 2.31. The number of Topliss-reactive ketones (excluding diaryl/α,β-unsaturated/α-hetero) is 1. The maximum Gasteiger partial charge on any atom is 0.416 e. The van der Waals surface area contributed by atoms with Gasteiger partial charge in [0.05, 0.1) is 16.6 Å². The first kappa shape index (κ1) is 24.9. The van der Waals surface area contributed by atoms with Crippen LogP contribution in [-0.4, -0.2) is 27.4 Å². The van der Waals surface area contributed by atoms with Crippen molar-refractivity contribution in [2.24, 2.45) is 5.92 Å². The van der Waals surface area contributed by atoms with Gasteiger partial charge in [0, 0.05) is 26.0 Å². The van der Waals surface area contributed by atoms with Crippen molar-refractivity contribution in [3.8, 4) is 0 Å². The van der Waals surface area contributed by atoms with Crippen LogP contribution in [0.15, 0.2) is 47.4 Å². The number of carbonyl (C=O) groups excluding carboxylic acids is 1. The standard InChI is InChI=1S/C25H28F3NO4S/c26-25(27,28)20-5-3-4-18(12-20)13-21(30)14-19-15-22(34(31,32)29-16-17-7-8-17)9-10-23(19)24-6-1-2-11-33-24/h3-5,9-10,12,15,17,24,29H,1-2,6-8,11,13-14,16H2. The molecule has 2 aliphatic rings. The average Bonchev–Trinajstić information content (AvgIpc) is 3.63. The van der Waals surface area contributed by atoms with Gasteiger partial charge in [-0.05, 0) is 72.9 Å². The molecule has 1 aliphatic carbocycles. The van der Waals surface area contributed by atoms with Gasteiger partial charge in [0.15, 0.2) is 0 Å². The van der Waals surface area contributed by atoms with Crippen molar-refractivity contribution in [1.29, 1.82) is 0 Å². The molecule has 2 aromatic rings. The molecule has 0 radical (unpaired) electrons. The fourth-order valence-electron chi connectivity index (χ4n) is 4.20. The molecule has 1 atom stereocenters. The number of hydrogen-bond acceptors (Lipinski definition) is 4. The number of carbonyl (C=O) groups is 1. The van der Waals surface area contributed by atoms with Gasteiger partial charge in [-0.1, -0.05) is 24.3 Å². The van der Waals surface area contributed by atoms with Gasteiger partial charge < -0.3 is 4.74 Å². The van der Waals surface area contributed by atoms with Crippen LogP contribution in [0.4, 0.5) is 13.2 Å². The zero-order valence-electron chi connectivity index (χ0n) is 18.7. The smallest absolute Gasteiger partial charge is 0.374 e. The van der Waals surface area contributed by atoms with Crippen molar-refractivity contribution in [1.82, 2.24) is 4.72 Å². The lowest BCUT2D eigenvalue weighted by Gasteiger charge is -2.25. The maximum absolute atomic E-state index is 13.0. The van der Waals surface area contributed by atoms with Gasteiger partial charge in [-0.3, -0.25) is 4.79 Å². The number of nitrogens with one attached hydrogen (secondary N) is 1. The van der Waals surface area contributed by atoms with Crippen LogP contribution < -0.4 is 4.72 Å². The zero-order chi connectivity index (χ0) is 24.3. The van der Waals surface area contributed by atoms with Crippen LogP contribution in [0.1, 0.15) is 60.5 Å². The van der Waals surface area contributed by atoms with E-state index in [4.69, 9.17) is 4.74 Å². The molecule has 34 heavy (non-hydrogen) atoms. The Morgan fingerprint density at radius 2 is 1.82 bits per heavy atom. The Balaban J connectivity index is 1.56. The molecule has 1 heterocycles. The molecule has 0 bridgehead atoms. The Morgan fingerprint density at radius 1 is 1.03 bits per heavy atom. The lowest BCUT2D eigenvalue weighted by atomic mass is 9.93. The molecule has 2 fully saturated rings. The third-order valence-corrected chi connectivity index (χ3v) is 7.67. The minimum atomic E-state index is -4.49. The molecule has 1 saturated heterocycles. The van der Waals surface area contributed by atoms with Gasteiger partial charge in [0.1, 0.15) is 5.78 Å². The van der Waals surface area contributed by atoms with Crippen molar-refractivity contribution in [2.75, 3.05) is 13.2 Å². The summed E-state index contributed by atoms with van der Waals surface area (Å²) in [4.78, 5) is 13.0. The van der Waals surface area contributed by atoms with Crippen molar-refractivity contribution in [2.45, 2.75) is 62.1 Å². The van der Waals surface area contributed by atoms with Gasteiger partial charge in [0.25, 0.3) is 0 Å². The minimum Gasteiger partial charge on any atom is -0.374 e. The molecule has 0 amide bonds. The zero-order valence-corrected chi connectivity index (χ0v) is 19.6. The molecule has 1 aliphatic heterocycles. The molecule has 9 heteroatoms. The van der Waals surface area contributed by atoms with Crippen LogP contribution in [0.5, 0.6) is 0 Å². The van der Waals surface area contributed by atoms with E-state index in [0.717, 1.165) is 49.8 Å². The monoisotopic (exact) mass is 495 g/mol. The molecule has 5 nitrogen and oxygen atoms in total. The second-order valence-corrected chi connectivity index (χ2v) is 10.9. The second-order valence-electron chi connectivity index (χ2n) is 9.10. The summed E-state index contributed by atoms with van der Waals surface area (Å²) in [6, 6.07) is 9.46. The molecule has 0 aromatic heterocycles. The lowest BCUT2D eigenvalue weighted by Crippen LogP contribution is -2.26. The molecule has 1 saturated carbocycles. The molecular weight excluding hydrogens is 467 g/mol. The third-order valence-electron chi connectivity index (χ3n) is 6.25. The van der Waals surface area contributed by atoms with E-state index < -0.39 is 21.8 Å². The first-order chi connectivity index (χ1) is 16.1. The van der Waals surface area contributed by atoms with Gasteiger partial charge in [-0.2, -0.15) is 13.2 Å². The second kappa shape index (κ2) is 10.2. The van der Waals surface area contributed by atoms with Crippen molar-refractivity contribution >= 4 is 15.8 Å². The first-order valence-electron chi connectivity index (χ1n) is 11.5. The van der Waals surface area contributed by atoms with Crippen LogP contribution in [0.3, 0.4) is 0 Å². The van der Waals surface area contributed by atoms with E-state index in [1.807, 2.05) is 0 Å². The van der Waals surface area contributed by atoms with Crippen molar-refractivity contribution in [3.05, 3.63) is 64.7 Å². The largest absolute Gasteiger partial charge is 0.416 e. The summed E-state index contributed by atoms with van der Waals surface area (Å²) < 4.78 is 73.1. The lowest BCUT2D eigenvalue weighted by molar-refractivity contribution is -0.137. The van der Waals surface area contributed by atoms with Gasteiger partial charge in [0.2, 0.25) is 10.0 Å². The third kappa shape index (κ3) is 6.46. The summed E-state index contributed by atoms with van der Waals surface area (Å²) in [5, 5.41) is 0. The van der Waals surface area contributed by atoms with Gasteiger partial charge >= 0.3 is 6.18 Å². The quantitative estimate of drug-likeness (QED) is 0.532. The summed E-state index contributed by atoms with van der Waals surface area (Å²) in [6.07, 6.45) is -0.291. The predicted octanol–water partition coefficient (Wildman–Crippen LogP) is 4.99. The average molecular weight is 496 g/mol. The molecule has 1 unspecified atom stereocenters. The number of ketones is 1. The van der Waals surface area contributed by atoms with Crippen LogP contribution in [-0.2, 0) is 38.6 Å². The van der Waals surface area contributed by atoms with Gasteiger partial charge in [-0.25, -0.2) is 13.1 Å². The van der Waals surface area contributed by atoms with E-state index >= 15 is 0 Å². The minimum absolute atomic E-state index is 0.0783. The number of alkyl halides is 3. The highest BCUT2D eigenvalue weighted by molar-refractivity contribution is 7.89. The summed E-state index contributed by atoms with van der Waals surface area (Å²) in [7, 11) is -3.73. The van der Waals surface area contributed by atoms with E-state index in [9.17, 15) is 26.4 Å². The fourth-order valence-corrected chi connectivity index (χ4v) is 5.36. The molecule has 1 N–H and O–H groups in total. The maximum atomic E-state index is 13.0. The Morgan fingerprint density at radius 3 is 2.50 bits per heavy atom. The number of benzene rings is 2. The highest BCUT2D eigenvalue weighted by atomic mass is 32.2. The Bertz CT molecular complexity index is 1140. The Labute approximate surface area is 197 Å². The van der Waals surface area contributed by atoms with E-state index in [-0.39, 0.29) is 35.2 Å². The Hall–Kier alpha value is -2.23. The van der Waals surface area contributed by atoms with E-state index in [1.54, 1.807) is 6.07 Å².